The second-order valence-corrected chi connectivity index (χ2v) is 2.85. The number of halogens is 3. The van der Waals surface area contributed by atoms with Crippen molar-refractivity contribution in [1.29, 1.82) is 5.26 Å². The molecular weight excluding hydrogens is 212 g/mol. The van der Waals surface area contributed by atoms with Crippen LogP contribution in [-0.2, 0) is 6.54 Å². The van der Waals surface area contributed by atoms with Crippen molar-refractivity contribution in [3.05, 3.63) is 28.0 Å². The van der Waals surface area contributed by atoms with Crippen LogP contribution in [0.15, 0.2) is 6.07 Å². The van der Waals surface area contributed by atoms with Gasteiger partial charge in [0.05, 0.1) is 16.3 Å². The van der Waals surface area contributed by atoms with Crippen molar-refractivity contribution in [3.8, 4) is 6.07 Å². The van der Waals surface area contributed by atoms with Gasteiger partial charge in [-0.3, -0.25) is 0 Å². The summed E-state index contributed by atoms with van der Waals surface area (Å²) in [5, 5.41) is 8.64. The Hall–Kier alpha value is -1.25. The molecule has 0 aromatic carbocycles. The van der Waals surface area contributed by atoms with Crippen LogP contribution < -0.4 is 5.73 Å². The molecule has 0 unspecified atom stereocenters. The maximum atomic E-state index is 12.3. The molecule has 1 aromatic rings. The predicted octanol–water partition coefficient (Wildman–Crippen LogP) is 2.00. The standard InChI is InChI=1S/C8H6ClF2N3/c9-7-4(2-12)1-5(8(10)11)14-6(7)3-13/h1,8H,3,13H2. The molecule has 3 nitrogen and oxygen atoms in total. The number of alkyl halides is 2. The fraction of sp³-hybridized carbons (Fsp3) is 0.250. The first kappa shape index (κ1) is 10.8. The highest BCUT2D eigenvalue weighted by molar-refractivity contribution is 6.32. The number of nitriles is 1. The summed E-state index contributed by atoms with van der Waals surface area (Å²) < 4.78 is 24.6. The van der Waals surface area contributed by atoms with Gasteiger partial charge in [-0.1, -0.05) is 11.6 Å². The largest absolute Gasteiger partial charge is 0.325 e. The molecule has 0 aliphatic heterocycles. The topological polar surface area (TPSA) is 62.7 Å². The lowest BCUT2D eigenvalue weighted by Gasteiger charge is -2.05. The summed E-state index contributed by atoms with van der Waals surface area (Å²) in [4.78, 5) is 3.54. The third-order valence-corrected chi connectivity index (χ3v) is 2.01. The van der Waals surface area contributed by atoms with Crippen molar-refractivity contribution in [2.75, 3.05) is 0 Å². The van der Waals surface area contributed by atoms with Crippen LogP contribution in [0.1, 0.15) is 23.4 Å². The molecule has 0 radical (unpaired) electrons. The lowest BCUT2D eigenvalue weighted by molar-refractivity contribution is 0.146. The van der Waals surface area contributed by atoms with Crippen molar-refractivity contribution in [1.82, 2.24) is 4.98 Å². The van der Waals surface area contributed by atoms with E-state index < -0.39 is 12.1 Å². The summed E-state index contributed by atoms with van der Waals surface area (Å²) in [5.41, 5.74) is 4.84. The van der Waals surface area contributed by atoms with Gasteiger partial charge < -0.3 is 5.73 Å². The predicted molar refractivity (Wildman–Crippen MR) is 46.8 cm³/mol. The monoisotopic (exact) mass is 217 g/mol. The van der Waals surface area contributed by atoms with E-state index in [0.29, 0.717) is 0 Å². The molecular formula is C8H6ClF2N3. The number of hydrogen-bond donors (Lipinski definition) is 1. The quantitative estimate of drug-likeness (QED) is 0.824. The van der Waals surface area contributed by atoms with Gasteiger partial charge in [-0.25, -0.2) is 13.8 Å². The van der Waals surface area contributed by atoms with Crippen LogP contribution in [0.25, 0.3) is 0 Å². The van der Waals surface area contributed by atoms with Crippen LogP contribution in [0.4, 0.5) is 8.78 Å². The Morgan fingerprint density at radius 2 is 2.29 bits per heavy atom. The van der Waals surface area contributed by atoms with Gasteiger partial charge in [0, 0.05) is 6.54 Å². The van der Waals surface area contributed by atoms with E-state index in [9.17, 15) is 8.78 Å². The van der Waals surface area contributed by atoms with Crippen molar-refractivity contribution >= 4 is 11.6 Å². The fourth-order valence-corrected chi connectivity index (χ4v) is 1.15. The summed E-state index contributed by atoms with van der Waals surface area (Å²) >= 11 is 5.68. The van der Waals surface area contributed by atoms with E-state index in [1.165, 1.54) is 0 Å². The Morgan fingerprint density at radius 1 is 1.64 bits per heavy atom. The number of aromatic nitrogens is 1. The number of hydrogen-bond acceptors (Lipinski definition) is 3. The Labute approximate surface area is 84.1 Å². The molecule has 6 heteroatoms. The van der Waals surface area contributed by atoms with Crippen molar-refractivity contribution in [2.24, 2.45) is 5.73 Å². The van der Waals surface area contributed by atoms with Crippen LogP contribution in [0.3, 0.4) is 0 Å². The highest BCUT2D eigenvalue weighted by atomic mass is 35.5. The minimum atomic E-state index is -2.73. The summed E-state index contributed by atoms with van der Waals surface area (Å²) in [7, 11) is 0. The summed E-state index contributed by atoms with van der Waals surface area (Å²) in [5.74, 6) is 0. The smallest absolute Gasteiger partial charge is 0.280 e. The molecule has 0 spiro atoms. The van der Waals surface area contributed by atoms with Gasteiger partial charge in [-0.05, 0) is 6.07 Å². The first-order chi connectivity index (χ1) is 6.60. The zero-order chi connectivity index (χ0) is 10.7. The minimum absolute atomic E-state index is 0.0302. The first-order valence-corrected chi connectivity index (χ1v) is 4.05. The molecule has 0 bridgehead atoms. The van der Waals surface area contributed by atoms with E-state index >= 15 is 0 Å². The first-order valence-electron chi connectivity index (χ1n) is 3.67. The van der Waals surface area contributed by atoms with Gasteiger partial charge in [0.15, 0.2) is 0 Å². The fourth-order valence-electron chi connectivity index (χ4n) is 0.932. The Morgan fingerprint density at radius 3 is 2.71 bits per heavy atom. The van der Waals surface area contributed by atoms with Gasteiger partial charge in [0.25, 0.3) is 6.43 Å². The van der Waals surface area contributed by atoms with Crippen molar-refractivity contribution in [3.63, 3.8) is 0 Å². The molecule has 14 heavy (non-hydrogen) atoms. The molecule has 1 heterocycles. The normalized spacial score (nSPS) is 10.3. The summed E-state index contributed by atoms with van der Waals surface area (Å²) in [6.45, 7) is -0.0753. The van der Waals surface area contributed by atoms with Gasteiger partial charge >= 0.3 is 0 Å². The van der Waals surface area contributed by atoms with Crippen LogP contribution in [0.5, 0.6) is 0 Å². The lowest BCUT2D eigenvalue weighted by atomic mass is 10.2. The van der Waals surface area contributed by atoms with Gasteiger partial charge in [-0.15, -0.1) is 0 Å². The van der Waals surface area contributed by atoms with Crippen LogP contribution in [0, 0.1) is 11.3 Å². The summed E-state index contributed by atoms with van der Waals surface area (Å²) in [6.07, 6.45) is -2.73. The van der Waals surface area contributed by atoms with E-state index in [1.807, 2.05) is 0 Å². The number of rotatable bonds is 2. The highest BCUT2D eigenvalue weighted by Gasteiger charge is 2.15. The Kier molecular flexibility index (Phi) is 3.33. The van der Waals surface area contributed by atoms with Crippen LogP contribution in [0.2, 0.25) is 5.02 Å². The van der Waals surface area contributed by atoms with E-state index in [2.05, 4.69) is 4.98 Å². The van der Waals surface area contributed by atoms with E-state index in [1.54, 1.807) is 6.07 Å². The highest BCUT2D eigenvalue weighted by Crippen LogP contribution is 2.24. The van der Waals surface area contributed by atoms with E-state index in [4.69, 9.17) is 22.6 Å². The maximum Gasteiger partial charge on any atom is 0.280 e. The molecule has 1 rings (SSSR count). The third kappa shape index (κ3) is 1.97. The lowest BCUT2D eigenvalue weighted by Crippen LogP contribution is -2.05. The van der Waals surface area contributed by atoms with Gasteiger partial charge in [-0.2, -0.15) is 5.26 Å². The Balaban J connectivity index is 3.34. The number of nitrogens with zero attached hydrogens (tertiary/aromatic N) is 2. The molecule has 0 amide bonds. The molecule has 2 N–H and O–H groups in total. The van der Waals surface area contributed by atoms with Crippen LogP contribution >= 0.6 is 11.6 Å². The second-order valence-electron chi connectivity index (χ2n) is 2.47. The molecule has 0 saturated heterocycles. The number of nitrogens with two attached hydrogens (primary N) is 1. The third-order valence-electron chi connectivity index (χ3n) is 1.58. The number of pyridine rings is 1. The van der Waals surface area contributed by atoms with Crippen molar-refractivity contribution in [2.45, 2.75) is 13.0 Å². The molecule has 0 aliphatic rings. The zero-order valence-corrected chi connectivity index (χ0v) is 7.72. The molecule has 0 atom stereocenters. The Bertz CT molecular complexity index is 387. The van der Waals surface area contributed by atoms with E-state index in [0.717, 1.165) is 6.07 Å². The SMILES string of the molecule is N#Cc1cc(C(F)F)nc(CN)c1Cl. The maximum absolute atomic E-state index is 12.3. The van der Waals surface area contributed by atoms with Gasteiger partial charge in [0.1, 0.15) is 11.8 Å². The van der Waals surface area contributed by atoms with Crippen molar-refractivity contribution < 1.29 is 8.78 Å². The van der Waals surface area contributed by atoms with E-state index in [-0.39, 0.29) is 22.8 Å². The molecule has 1 aromatic heterocycles. The van der Waals surface area contributed by atoms with Crippen LogP contribution in [-0.4, -0.2) is 4.98 Å². The molecule has 0 aliphatic carbocycles. The second kappa shape index (κ2) is 4.31. The van der Waals surface area contributed by atoms with Gasteiger partial charge in [0.2, 0.25) is 0 Å². The average molecular weight is 218 g/mol. The zero-order valence-electron chi connectivity index (χ0n) is 6.97. The minimum Gasteiger partial charge on any atom is -0.325 e. The average Bonchev–Trinajstić information content (AvgIpc) is 2.17. The molecule has 0 fully saturated rings. The molecule has 74 valence electrons. The molecule has 0 saturated carbocycles. The summed E-state index contributed by atoms with van der Waals surface area (Å²) in [6, 6.07) is 2.67.